The Morgan fingerprint density at radius 2 is 1.14 bits per heavy atom. The molecule has 2 aliphatic heterocycles. The van der Waals surface area contributed by atoms with E-state index in [9.17, 15) is 8.78 Å². The van der Waals surface area contributed by atoms with E-state index in [-0.39, 0.29) is 11.6 Å². The van der Waals surface area contributed by atoms with Crippen molar-refractivity contribution in [1.29, 1.82) is 0 Å². The number of fused-ring (bicyclic) bond motifs is 4. The van der Waals surface area contributed by atoms with E-state index in [2.05, 4.69) is 55.9 Å². The fourth-order valence-corrected chi connectivity index (χ4v) is 10.1. The lowest BCUT2D eigenvalue weighted by atomic mass is 9.82. The van der Waals surface area contributed by atoms with Gasteiger partial charge in [0, 0.05) is 74.2 Å². The molecule has 4 aliphatic rings. The fourth-order valence-electron chi connectivity index (χ4n) is 9.38. The van der Waals surface area contributed by atoms with Gasteiger partial charge in [-0.2, -0.15) is 15.1 Å². The van der Waals surface area contributed by atoms with Crippen LogP contribution in [0.5, 0.6) is 23.5 Å². The molecule has 6 aromatic rings. The van der Waals surface area contributed by atoms with E-state index in [0.29, 0.717) is 85.3 Å². The molecule has 332 valence electrons. The molecule has 4 aromatic heterocycles. The number of hydrogen-bond donors (Lipinski definition) is 1. The van der Waals surface area contributed by atoms with Gasteiger partial charge in [-0.25, -0.2) is 18.1 Å². The summed E-state index contributed by atoms with van der Waals surface area (Å²) in [6.45, 7) is 7.30. The van der Waals surface area contributed by atoms with Crippen LogP contribution < -0.4 is 25.0 Å². The van der Waals surface area contributed by atoms with Gasteiger partial charge in [-0.15, -0.1) is 5.10 Å². The van der Waals surface area contributed by atoms with Crippen LogP contribution in [0.4, 0.5) is 20.2 Å². The van der Waals surface area contributed by atoms with Crippen LogP contribution in [-0.2, 0) is 20.5 Å². The van der Waals surface area contributed by atoms with Crippen LogP contribution in [0, 0.1) is 55.1 Å². The maximum Gasteiger partial charge on any atom is 0.321 e. The number of aromatic nitrogens is 8. The van der Waals surface area contributed by atoms with Crippen LogP contribution in [0.25, 0.3) is 0 Å². The smallest absolute Gasteiger partial charge is 0.321 e. The van der Waals surface area contributed by atoms with Gasteiger partial charge in [0.05, 0.1) is 23.8 Å². The third kappa shape index (κ3) is 10.7. The Bertz CT molecular complexity index is 2520. The molecule has 13 nitrogen and oxygen atoms in total. The number of rotatable bonds is 8. The van der Waals surface area contributed by atoms with Gasteiger partial charge in [-0.1, -0.05) is 35.3 Å². The molecule has 0 amide bonds. The Kier molecular flexibility index (Phi) is 13.8. The van der Waals surface area contributed by atoms with E-state index in [1.165, 1.54) is 29.9 Å². The molecular formula is C45H50BrCl2F2N11O2. The lowest BCUT2D eigenvalue weighted by Crippen LogP contribution is -2.49. The Labute approximate surface area is 384 Å². The zero-order valence-corrected chi connectivity index (χ0v) is 38.6. The van der Waals surface area contributed by atoms with Crippen LogP contribution in [0.1, 0.15) is 42.9 Å². The molecule has 2 saturated carbocycles. The third-order valence-electron chi connectivity index (χ3n) is 12.5. The summed E-state index contributed by atoms with van der Waals surface area (Å²) in [4.78, 5) is 21.1. The summed E-state index contributed by atoms with van der Waals surface area (Å²) in [5, 5.41) is 9.82. The van der Waals surface area contributed by atoms with E-state index in [1.807, 2.05) is 51.2 Å². The molecule has 4 bridgehead atoms. The minimum atomic E-state index is -0.238. The van der Waals surface area contributed by atoms with Gasteiger partial charge in [0.25, 0.3) is 0 Å². The number of aryl methyl sites for hydroxylation is 4. The van der Waals surface area contributed by atoms with Crippen LogP contribution in [0.3, 0.4) is 0 Å². The van der Waals surface area contributed by atoms with E-state index in [0.717, 1.165) is 62.7 Å². The number of anilines is 2. The van der Waals surface area contributed by atoms with Crippen molar-refractivity contribution < 1.29 is 18.3 Å². The van der Waals surface area contributed by atoms with Gasteiger partial charge < -0.3 is 25.0 Å². The summed E-state index contributed by atoms with van der Waals surface area (Å²) in [6.07, 6.45) is 8.17. The largest absolute Gasteiger partial charge is 0.424 e. The number of ether oxygens (including phenoxy) is 2. The van der Waals surface area contributed by atoms with E-state index in [1.54, 1.807) is 42.1 Å². The topological polar surface area (TPSA) is 138 Å². The molecule has 6 heterocycles. The first kappa shape index (κ1) is 44.7. The van der Waals surface area contributed by atoms with Gasteiger partial charge in [-0.05, 0) is 134 Å². The Morgan fingerprint density at radius 1 is 0.683 bits per heavy atom. The lowest BCUT2D eigenvalue weighted by Gasteiger charge is -2.39. The predicted octanol–water partition coefficient (Wildman–Crippen LogP) is 9.53. The molecule has 2 N–H and O–H groups in total. The highest BCUT2D eigenvalue weighted by Crippen LogP contribution is 2.45. The normalized spacial score (nSPS) is 22.3. The number of hydrogen-bond acceptors (Lipinski definition) is 11. The minimum Gasteiger partial charge on any atom is -0.424 e. The summed E-state index contributed by atoms with van der Waals surface area (Å²) in [7, 11) is 3.58. The molecule has 2 aromatic carbocycles. The summed E-state index contributed by atoms with van der Waals surface area (Å²) < 4.78 is 43.2. The van der Waals surface area contributed by atoms with Crippen LogP contribution in [0.15, 0.2) is 77.8 Å². The van der Waals surface area contributed by atoms with E-state index < -0.39 is 0 Å². The van der Waals surface area contributed by atoms with Crippen molar-refractivity contribution in [2.45, 2.75) is 52.0 Å². The van der Waals surface area contributed by atoms with Crippen molar-refractivity contribution in [1.82, 2.24) is 39.5 Å². The number of nitrogens with two attached hydrogens (primary N) is 1. The number of piperidine rings is 2. The van der Waals surface area contributed by atoms with Crippen molar-refractivity contribution >= 4 is 50.5 Å². The first-order valence-corrected chi connectivity index (χ1v) is 22.6. The SMILES string of the molecule is Cc1cc(N2CC3CCC(C2)C3Cc2nc(Oc3cccc(Cl)c3)n(C)n2)c(F)cn1.Cc1cc(N2CC3CCC(C2)C3N)c(F)cn1.Cn1nc(Br)nc1Oc1cccc(Cl)c1. The van der Waals surface area contributed by atoms with Gasteiger partial charge in [0.1, 0.15) is 11.5 Å². The number of nitrogens with zero attached hydrogens (tertiary/aromatic N) is 10. The summed E-state index contributed by atoms with van der Waals surface area (Å²) in [6, 6.07) is 19.2. The Morgan fingerprint density at radius 3 is 1.62 bits per heavy atom. The Hall–Kier alpha value is -4.90. The summed E-state index contributed by atoms with van der Waals surface area (Å²) in [5.41, 5.74) is 9.24. The molecule has 63 heavy (non-hydrogen) atoms. The molecule has 18 heteroatoms. The first-order chi connectivity index (χ1) is 30.3. The van der Waals surface area contributed by atoms with E-state index in [4.69, 9.17) is 38.4 Å². The zero-order chi connectivity index (χ0) is 44.4. The highest BCUT2D eigenvalue weighted by Gasteiger charge is 2.43. The molecular weight excluding hydrogens is 915 g/mol. The maximum absolute atomic E-state index is 14.4. The van der Waals surface area contributed by atoms with Crippen LogP contribution in [0.2, 0.25) is 10.0 Å². The zero-order valence-electron chi connectivity index (χ0n) is 35.5. The van der Waals surface area contributed by atoms with Crippen molar-refractivity contribution in [3.05, 3.63) is 117 Å². The van der Waals surface area contributed by atoms with Crippen LogP contribution in [-0.4, -0.2) is 71.7 Å². The highest BCUT2D eigenvalue weighted by atomic mass is 79.9. The molecule has 4 unspecified atom stereocenters. The predicted molar refractivity (Wildman–Crippen MR) is 243 cm³/mol. The van der Waals surface area contributed by atoms with Crippen molar-refractivity contribution in [2.75, 3.05) is 36.0 Å². The van der Waals surface area contributed by atoms with Gasteiger partial charge in [0.2, 0.25) is 4.73 Å². The third-order valence-corrected chi connectivity index (χ3v) is 13.3. The van der Waals surface area contributed by atoms with Crippen LogP contribution >= 0.6 is 39.1 Å². The van der Waals surface area contributed by atoms with Crippen molar-refractivity contribution in [2.24, 2.45) is 49.4 Å². The molecule has 2 saturated heterocycles. The number of pyridine rings is 2. The molecule has 10 rings (SSSR count). The second kappa shape index (κ2) is 19.5. The minimum absolute atomic E-state index is 0.217. The van der Waals surface area contributed by atoms with Gasteiger partial charge in [-0.3, -0.25) is 9.97 Å². The van der Waals surface area contributed by atoms with Gasteiger partial charge >= 0.3 is 12.0 Å². The number of benzene rings is 2. The quantitative estimate of drug-likeness (QED) is 0.156. The molecule has 4 atom stereocenters. The summed E-state index contributed by atoms with van der Waals surface area (Å²) >= 11 is 15.0. The first-order valence-electron chi connectivity index (χ1n) is 21.1. The average Bonchev–Trinajstić information content (AvgIpc) is 3.87. The lowest BCUT2D eigenvalue weighted by molar-refractivity contribution is 0.264. The van der Waals surface area contributed by atoms with Crippen molar-refractivity contribution in [3.63, 3.8) is 0 Å². The highest BCUT2D eigenvalue weighted by molar-refractivity contribution is 9.10. The fraction of sp³-hybridized carbons (Fsp3) is 0.422. The standard InChI is InChI=1S/C23H25ClFN5O.C13H18FN3.C9H7BrClN3O/c1-14-8-21(20(25)11-26-14)30-12-15-6-7-16(13-30)19(15)10-22-27-23(29(2)28-22)31-18-5-3-4-17(24)9-18;1-8-4-12(11(14)5-16-8)17-6-9-2-3-10(7-17)13(9)15;1-14-9(12-8(10)13-14)15-7-4-2-3-6(11)5-7/h3-5,8-9,11,15-16,19H,6-7,10,12-13H2,1-2H3;4-5,9-10,13H,2-3,6-7,15H2,1H3;2-5H,1H3. The second-order valence-electron chi connectivity index (χ2n) is 16.8. The van der Waals surface area contributed by atoms with E-state index >= 15 is 0 Å². The number of halogens is 5. The second-order valence-corrected chi connectivity index (χ2v) is 18.4. The maximum atomic E-state index is 14.4. The van der Waals surface area contributed by atoms with Crippen molar-refractivity contribution in [3.8, 4) is 23.5 Å². The molecule has 0 spiro atoms. The average molecular weight is 966 g/mol. The molecule has 2 aliphatic carbocycles. The monoisotopic (exact) mass is 963 g/mol. The summed E-state index contributed by atoms with van der Waals surface area (Å²) in [5.74, 6) is 4.18. The Balaban J connectivity index is 0.000000143. The molecule has 0 radical (unpaired) electrons. The van der Waals surface area contributed by atoms with Gasteiger partial charge in [0.15, 0.2) is 17.5 Å². The molecule has 4 fully saturated rings.